The molecular formula is C21H24BrCl3OS2Si. The number of halogens is 4. The van der Waals surface area contributed by atoms with E-state index in [-0.39, 0.29) is 5.48 Å². The summed E-state index contributed by atoms with van der Waals surface area (Å²) in [5.41, 5.74) is 3.80. The second-order valence-electron chi connectivity index (χ2n) is 5.48. The lowest BCUT2D eigenvalue weighted by atomic mass is 10.2. The van der Waals surface area contributed by atoms with Crippen molar-refractivity contribution in [1.29, 1.82) is 0 Å². The van der Waals surface area contributed by atoms with Crippen LogP contribution < -0.4 is 0 Å². The molecule has 0 aliphatic rings. The minimum absolute atomic E-state index is 0. The molecule has 0 saturated heterocycles. The highest BCUT2D eigenvalue weighted by Crippen LogP contribution is 2.35. The molecule has 8 heteroatoms. The number of rotatable bonds is 5. The summed E-state index contributed by atoms with van der Waals surface area (Å²) in [7, 11) is 0. The van der Waals surface area contributed by atoms with Gasteiger partial charge in [-0.25, -0.2) is 0 Å². The summed E-state index contributed by atoms with van der Waals surface area (Å²) in [4.78, 5) is 0. The van der Waals surface area contributed by atoms with Crippen molar-refractivity contribution < 1.29 is 5.48 Å². The first-order chi connectivity index (χ1) is 13.4. The summed E-state index contributed by atoms with van der Waals surface area (Å²) < 4.78 is 0. The van der Waals surface area contributed by atoms with E-state index >= 15 is 0 Å². The van der Waals surface area contributed by atoms with Crippen LogP contribution in [0.2, 0.25) is 0 Å². The first-order valence-corrected chi connectivity index (χ1v) is 16.9. The monoisotopic (exact) mass is 568 g/mol. The maximum absolute atomic E-state index is 5.72. The molecule has 1 nitrogen and oxygen atoms in total. The summed E-state index contributed by atoms with van der Waals surface area (Å²) in [5.74, 6) is 1.62. The van der Waals surface area contributed by atoms with Crippen LogP contribution in [0.1, 0.15) is 16.7 Å². The molecule has 3 aromatic carbocycles. The summed E-state index contributed by atoms with van der Waals surface area (Å²) in [6.45, 7) is 0. The fraction of sp³-hybridized carbons (Fsp3) is 0.143. The van der Waals surface area contributed by atoms with Gasteiger partial charge in [-0.05, 0) is 16.7 Å². The van der Waals surface area contributed by atoms with Crippen molar-refractivity contribution in [3.05, 3.63) is 108 Å². The number of hydrogen-bond acceptors (Lipinski definition) is 2. The largest absolute Gasteiger partial charge is 0.412 e. The zero-order valence-corrected chi connectivity index (χ0v) is 22.2. The molecule has 0 amide bonds. The van der Waals surface area contributed by atoms with Gasteiger partial charge < -0.3 is 5.48 Å². The van der Waals surface area contributed by atoms with E-state index < -0.39 is 5.15 Å². The molecule has 0 fully saturated rings. The molecule has 0 aliphatic heterocycles. The van der Waals surface area contributed by atoms with E-state index in [4.69, 9.17) is 33.2 Å². The number of thiol groups is 1. The highest BCUT2D eigenvalue weighted by atomic mass is 79.9. The highest BCUT2D eigenvalue weighted by Gasteiger charge is 2.25. The smallest absolute Gasteiger partial charge is 0.405 e. The van der Waals surface area contributed by atoms with Crippen molar-refractivity contribution in [2.75, 3.05) is 0 Å². The molecule has 0 spiro atoms. The van der Waals surface area contributed by atoms with E-state index in [1.165, 1.54) is 27.9 Å². The van der Waals surface area contributed by atoms with Gasteiger partial charge in [-0.3, -0.25) is 0 Å². The van der Waals surface area contributed by atoms with Gasteiger partial charge in [0.25, 0.3) is 0 Å². The molecule has 0 radical (unpaired) electrons. The molecule has 158 valence electrons. The Hall–Kier alpha value is -0.113. The van der Waals surface area contributed by atoms with E-state index in [0.717, 1.165) is 16.8 Å². The van der Waals surface area contributed by atoms with Crippen LogP contribution >= 0.6 is 73.0 Å². The van der Waals surface area contributed by atoms with Crippen molar-refractivity contribution >= 4 is 78.2 Å². The Morgan fingerprint density at radius 1 is 0.690 bits per heavy atom. The molecule has 0 aromatic heterocycles. The van der Waals surface area contributed by atoms with Gasteiger partial charge in [0.15, 0.2) is 0 Å². The first-order valence-electron chi connectivity index (χ1n) is 8.44. The lowest BCUT2D eigenvalue weighted by molar-refractivity contribution is 0.824. The highest BCUT2D eigenvalue weighted by molar-refractivity contribution is 9.08. The van der Waals surface area contributed by atoms with Crippen molar-refractivity contribution in [2.24, 2.45) is 0 Å². The molecule has 0 saturated carbocycles. The van der Waals surface area contributed by atoms with Gasteiger partial charge in [-0.1, -0.05) is 107 Å². The fourth-order valence-electron chi connectivity index (χ4n) is 1.89. The van der Waals surface area contributed by atoms with Gasteiger partial charge in [0.05, 0.1) is 0 Å². The van der Waals surface area contributed by atoms with Crippen molar-refractivity contribution in [3.8, 4) is 0 Å². The van der Waals surface area contributed by atoms with Crippen LogP contribution in [-0.4, -0.2) is 10.6 Å². The third-order valence-electron chi connectivity index (χ3n) is 3.27. The molecule has 0 bridgehead atoms. The zero-order valence-electron chi connectivity index (χ0n) is 15.6. The van der Waals surface area contributed by atoms with E-state index in [2.05, 4.69) is 52.8 Å². The quantitative estimate of drug-likeness (QED) is 0.144. The number of alkyl halides is 1. The van der Waals surface area contributed by atoms with Crippen LogP contribution in [0.3, 0.4) is 0 Å². The van der Waals surface area contributed by atoms with Crippen LogP contribution in [0.15, 0.2) is 91.0 Å². The topological polar surface area (TPSA) is 31.5 Å². The lowest BCUT2D eigenvalue weighted by Crippen LogP contribution is -2.02. The van der Waals surface area contributed by atoms with Crippen molar-refractivity contribution in [3.63, 3.8) is 0 Å². The second-order valence-corrected chi connectivity index (χ2v) is 19.4. The van der Waals surface area contributed by atoms with E-state index in [1.54, 1.807) is 0 Å². The van der Waals surface area contributed by atoms with Crippen molar-refractivity contribution in [2.45, 2.75) is 16.8 Å². The molecule has 2 N–H and O–H groups in total. The third kappa shape index (κ3) is 16.3. The summed E-state index contributed by atoms with van der Waals surface area (Å²) in [5, 5.41) is -1.55. The first kappa shape index (κ1) is 28.9. The molecule has 29 heavy (non-hydrogen) atoms. The number of hydrogen-bond donors (Lipinski definition) is 1. The predicted octanol–water partition coefficient (Wildman–Crippen LogP) is 7.95. The average molecular weight is 571 g/mol. The van der Waals surface area contributed by atoms with Crippen LogP contribution in [0.5, 0.6) is 0 Å². The third-order valence-corrected chi connectivity index (χ3v) is 9.45. The molecule has 3 aromatic rings. The molecule has 0 aliphatic carbocycles. The van der Waals surface area contributed by atoms with Crippen molar-refractivity contribution in [1.82, 2.24) is 0 Å². The van der Waals surface area contributed by atoms with Gasteiger partial charge in [-0.15, -0.1) is 44.4 Å². The van der Waals surface area contributed by atoms with Gasteiger partial charge in [0.2, 0.25) is 0 Å². The Morgan fingerprint density at radius 2 is 1.07 bits per heavy atom. The van der Waals surface area contributed by atoms with Gasteiger partial charge >= 0.3 is 5.15 Å². The SMILES string of the molecule is BrCc1ccccc1.Cl[Si](Cl)(Cl)SCc1ccccc1.O.SCc1ccccc1. The lowest BCUT2D eigenvalue weighted by Gasteiger charge is -2.06. The van der Waals surface area contributed by atoms with E-state index in [9.17, 15) is 0 Å². The Labute approximate surface area is 206 Å². The number of benzene rings is 3. The van der Waals surface area contributed by atoms with E-state index in [1.807, 2.05) is 66.7 Å². The minimum Gasteiger partial charge on any atom is -0.412 e. The summed E-state index contributed by atoms with van der Waals surface area (Å²) in [6.07, 6.45) is 0. The molecular weight excluding hydrogens is 547 g/mol. The molecule has 0 atom stereocenters. The molecule has 3 rings (SSSR count). The zero-order chi connectivity index (χ0) is 20.7. The second kappa shape index (κ2) is 17.6. The Balaban J connectivity index is 0.000000411. The van der Waals surface area contributed by atoms with E-state index in [0.29, 0.717) is 0 Å². The molecule has 0 unspecified atom stereocenters. The Kier molecular flexibility index (Phi) is 17.5. The van der Waals surface area contributed by atoms with Crippen LogP contribution in [-0.2, 0) is 16.8 Å². The minimum atomic E-state index is -2.51. The molecule has 0 heterocycles. The van der Waals surface area contributed by atoms with Gasteiger partial charge in [0, 0.05) is 16.8 Å². The Morgan fingerprint density at radius 3 is 1.34 bits per heavy atom. The van der Waals surface area contributed by atoms with Crippen LogP contribution in [0, 0.1) is 0 Å². The Bertz CT molecular complexity index is 709. The summed E-state index contributed by atoms with van der Waals surface area (Å²) >= 11 is 26.0. The normalized spacial score (nSPS) is 9.83. The fourth-order valence-corrected chi connectivity index (χ4v) is 5.46. The summed E-state index contributed by atoms with van der Waals surface area (Å²) in [6, 6.07) is 30.4. The van der Waals surface area contributed by atoms with Crippen LogP contribution in [0.25, 0.3) is 0 Å². The van der Waals surface area contributed by atoms with Gasteiger partial charge in [0.1, 0.15) is 0 Å². The maximum atomic E-state index is 5.72. The maximum Gasteiger partial charge on any atom is 0.405 e. The predicted molar refractivity (Wildman–Crippen MR) is 143 cm³/mol. The van der Waals surface area contributed by atoms with Gasteiger partial charge in [-0.2, -0.15) is 12.6 Å². The van der Waals surface area contributed by atoms with Crippen LogP contribution in [0.4, 0.5) is 0 Å². The standard InChI is InChI=1S/C7H7Br.C7H7Cl3SSi.C7H8S.H2O/c8-6-7-4-2-1-3-5-7;8-12(9,10)11-6-7-4-2-1-3-5-7;8-6-7-4-2-1-3-5-7;/h1-5H,6H2;1-5H,6H2;1-5,8H,6H2;1H2. The average Bonchev–Trinajstić information content (AvgIpc) is 2.74.